The van der Waals surface area contributed by atoms with E-state index in [1.807, 2.05) is 0 Å². The van der Waals surface area contributed by atoms with E-state index in [0.29, 0.717) is 71.4 Å². The first-order chi connectivity index (χ1) is 23.8. The lowest BCUT2D eigenvalue weighted by Gasteiger charge is -2.62. The van der Waals surface area contributed by atoms with E-state index in [9.17, 15) is 24.5 Å². The molecule has 2 aromatic heterocycles. The van der Waals surface area contributed by atoms with Crippen LogP contribution in [0, 0.1) is 46.3 Å². The Hall–Kier alpha value is -1.80. The molecule has 0 spiro atoms. The Labute approximate surface area is 298 Å². The molecular weight excluding hydrogens is 681 g/mol. The van der Waals surface area contributed by atoms with Crippen LogP contribution in [0.15, 0.2) is 12.7 Å². The number of hydrogen-bond acceptors (Lipinski definition) is 12. The van der Waals surface area contributed by atoms with E-state index in [1.54, 1.807) is 10.9 Å². The molecule has 11 unspecified atom stereocenters. The molecule has 3 heterocycles. The highest BCUT2D eigenvalue weighted by Gasteiger charge is 2.63. The molecule has 4 aliphatic carbocycles. The molecule has 13 atom stereocenters. The van der Waals surface area contributed by atoms with Crippen LogP contribution in [-0.2, 0) is 23.4 Å². The summed E-state index contributed by atoms with van der Waals surface area (Å²) in [6.07, 6.45) is 12.0. The van der Waals surface area contributed by atoms with Gasteiger partial charge in [0.1, 0.15) is 24.0 Å². The second-order valence-electron chi connectivity index (χ2n) is 16.3. The average molecular weight is 736 g/mol. The van der Waals surface area contributed by atoms with Gasteiger partial charge in [0.2, 0.25) is 0 Å². The van der Waals surface area contributed by atoms with E-state index in [1.165, 1.54) is 19.2 Å². The predicted molar refractivity (Wildman–Crippen MR) is 188 cm³/mol. The Kier molecular flexibility index (Phi) is 10.4. The third-order valence-corrected chi connectivity index (χ3v) is 16.6. The summed E-state index contributed by atoms with van der Waals surface area (Å²) in [4.78, 5) is 35.6. The minimum absolute atomic E-state index is 0.0793. The molecule has 13 nitrogen and oxygen atoms in total. The van der Waals surface area contributed by atoms with E-state index >= 15 is 0 Å². The Morgan fingerprint density at radius 2 is 1.94 bits per heavy atom. The number of aliphatic hydroxyl groups is 2. The van der Waals surface area contributed by atoms with E-state index in [2.05, 4.69) is 35.7 Å². The van der Waals surface area contributed by atoms with Crippen molar-refractivity contribution in [1.29, 1.82) is 0 Å². The van der Waals surface area contributed by atoms with Crippen molar-refractivity contribution in [2.24, 2.45) is 46.3 Å². The van der Waals surface area contributed by atoms with Gasteiger partial charge in [-0.15, -0.1) is 0 Å². The van der Waals surface area contributed by atoms with E-state index in [4.69, 9.17) is 19.7 Å². The summed E-state index contributed by atoms with van der Waals surface area (Å²) < 4.78 is 31.2. The van der Waals surface area contributed by atoms with Crippen molar-refractivity contribution in [2.75, 3.05) is 18.3 Å². The lowest BCUT2D eigenvalue weighted by Crippen LogP contribution is -2.58. The van der Waals surface area contributed by atoms with Crippen LogP contribution in [0.3, 0.4) is 0 Å². The molecule has 0 radical (unpaired) electrons. The SMILES string of the molecule is CC(CCC(=O)OCSP(=O)(O)OC[C@@H]1CC[C@H](n2cnc3c(N)ncnc32)O1)C1CCC2C3CCC4CC(O)CCC4(C)C3CC(O)C12C. The third-order valence-electron chi connectivity index (χ3n) is 13.9. The van der Waals surface area contributed by atoms with E-state index < -0.39 is 18.9 Å². The lowest BCUT2D eigenvalue weighted by molar-refractivity contribution is -0.175. The van der Waals surface area contributed by atoms with Gasteiger partial charge in [-0.3, -0.25) is 13.9 Å². The van der Waals surface area contributed by atoms with Crippen molar-refractivity contribution >= 4 is 41.1 Å². The molecule has 5 N–H and O–H groups in total. The standard InChI is InChI=1S/C35H54N5O8PS/c1-20(25-8-9-26-24-7-5-21-14-22(41)12-13-34(21,2)27(24)15-28(42)35(25,26)3)4-11-30(43)46-19-50-49(44,45)47-16-23-6-10-29(48-23)40-18-39-31-32(36)37-17-38-33(31)40/h17-18,20-29,41-42H,4-16,19H2,1-3H3,(H,44,45)(H2,36,37,38)/t20?,21?,22?,23-,24?,25?,26?,27?,28?,29+,34?,35?/m0/s1. The number of aliphatic hydroxyl groups excluding tert-OH is 2. The van der Waals surface area contributed by atoms with E-state index in [0.717, 1.165) is 38.5 Å². The van der Waals surface area contributed by atoms with Gasteiger partial charge in [0.15, 0.2) is 11.5 Å². The number of nitrogen functional groups attached to an aromatic ring is 1. The smallest absolute Gasteiger partial charge is 0.389 e. The van der Waals surface area contributed by atoms with Crippen molar-refractivity contribution in [1.82, 2.24) is 19.5 Å². The first-order valence-corrected chi connectivity index (χ1v) is 21.7. The van der Waals surface area contributed by atoms with Gasteiger partial charge in [-0.25, -0.2) is 19.5 Å². The second-order valence-corrected chi connectivity index (χ2v) is 20.2. The molecule has 5 aliphatic rings. The van der Waals surface area contributed by atoms with Crippen LogP contribution in [0.5, 0.6) is 0 Å². The number of nitrogens with zero attached hydrogens (tertiary/aromatic N) is 4. The quantitative estimate of drug-likeness (QED) is 0.122. The molecule has 1 saturated heterocycles. The zero-order valence-electron chi connectivity index (χ0n) is 29.4. The molecular formula is C35H54N5O8PS. The molecule has 0 aromatic carbocycles. The zero-order valence-corrected chi connectivity index (χ0v) is 31.1. The molecule has 278 valence electrons. The highest BCUT2D eigenvalue weighted by atomic mass is 32.7. The summed E-state index contributed by atoms with van der Waals surface area (Å²) >= 11 is 0.582. The molecule has 0 amide bonds. The number of nitrogens with two attached hydrogens (primary N) is 1. The highest BCUT2D eigenvalue weighted by Crippen LogP contribution is 2.68. The Balaban J connectivity index is 0.845. The molecule has 5 fully saturated rings. The molecule has 1 aliphatic heterocycles. The number of aromatic nitrogens is 4. The average Bonchev–Trinajstić information content (AvgIpc) is 3.82. The van der Waals surface area contributed by atoms with Gasteiger partial charge in [0.25, 0.3) is 0 Å². The van der Waals surface area contributed by atoms with Crippen LogP contribution in [-0.4, -0.2) is 71.5 Å². The number of esters is 1. The van der Waals surface area contributed by atoms with Gasteiger partial charge in [-0.1, -0.05) is 20.8 Å². The van der Waals surface area contributed by atoms with Gasteiger partial charge < -0.3 is 30.3 Å². The number of rotatable bonds is 11. The Morgan fingerprint density at radius 3 is 2.76 bits per heavy atom. The predicted octanol–water partition coefficient (Wildman–Crippen LogP) is 5.84. The van der Waals surface area contributed by atoms with Crippen molar-refractivity contribution in [3.63, 3.8) is 0 Å². The third kappa shape index (κ3) is 6.76. The van der Waals surface area contributed by atoms with Crippen LogP contribution < -0.4 is 5.73 Å². The van der Waals surface area contributed by atoms with E-state index in [-0.39, 0.29) is 60.0 Å². The molecule has 7 rings (SSSR count). The summed E-state index contributed by atoms with van der Waals surface area (Å²) in [6, 6.07) is 0. The van der Waals surface area contributed by atoms with Gasteiger partial charge in [0.05, 0.1) is 31.2 Å². The van der Waals surface area contributed by atoms with Crippen LogP contribution in [0.2, 0.25) is 0 Å². The number of anilines is 1. The summed E-state index contributed by atoms with van der Waals surface area (Å²) in [5, 5.41) is 22.2. The number of carbonyl (C=O) groups is 1. The highest BCUT2D eigenvalue weighted by molar-refractivity contribution is 8.54. The number of fused-ring (bicyclic) bond motifs is 6. The Bertz CT molecular complexity index is 1600. The maximum Gasteiger partial charge on any atom is 0.389 e. The van der Waals surface area contributed by atoms with Crippen LogP contribution in [0.4, 0.5) is 5.82 Å². The minimum Gasteiger partial charge on any atom is -0.454 e. The fraction of sp³-hybridized carbons (Fsp3) is 0.829. The summed E-state index contributed by atoms with van der Waals surface area (Å²) in [7, 11) is 0. The van der Waals surface area contributed by atoms with Crippen LogP contribution in [0.25, 0.3) is 11.2 Å². The van der Waals surface area contributed by atoms with Crippen molar-refractivity contribution < 1.29 is 38.5 Å². The second kappa shape index (κ2) is 14.2. The molecule has 15 heteroatoms. The molecule has 50 heavy (non-hydrogen) atoms. The topological polar surface area (TPSA) is 192 Å². The lowest BCUT2D eigenvalue weighted by atomic mass is 9.43. The number of ether oxygens (including phenoxy) is 2. The Morgan fingerprint density at radius 1 is 1.12 bits per heavy atom. The molecule has 2 aromatic rings. The van der Waals surface area contributed by atoms with Gasteiger partial charge in [0, 0.05) is 17.8 Å². The van der Waals surface area contributed by atoms with Gasteiger partial charge in [-0.05, 0) is 117 Å². The first kappa shape index (κ1) is 36.6. The minimum atomic E-state index is -4.08. The van der Waals surface area contributed by atoms with Crippen molar-refractivity contribution in [2.45, 2.75) is 122 Å². The fourth-order valence-corrected chi connectivity index (χ4v) is 13.0. The van der Waals surface area contributed by atoms with Crippen molar-refractivity contribution in [3.8, 4) is 0 Å². The maximum absolute atomic E-state index is 12.7. The summed E-state index contributed by atoms with van der Waals surface area (Å²) in [5.74, 6) is 2.32. The maximum atomic E-state index is 12.7. The number of imidazole rings is 1. The number of hydrogen-bond donors (Lipinski definition) is 4. The zero-order chi connectivity index (χ0) is 35.4. The van der Waals surface area contributed by atoms with Crippen LogP contribution in [0.1, 0.15) is 104 Å². The normalized spacial score (nSPS) is 40.1. The van der Waals surface area contributed by atoms with Gasteiger partial charge >= 0.3 is 12.8 Å². The molecule has 0 bridgehead atoms. The monoisotopic (exact) mass is 735 g/mol. The van der Waals surface area contributed by atoms with Crippen molar-refractivity contribution in [3.05, 3.63) is 12.7 Å². The largest absolute Gasteiger partial charge is 0.454 e. The van der Waals surface area contributed by atoms with Gasteiger partial charge in [-0.2, -0.15) is 0 Å². The first-order valence-electron chi connectivity index (χ1n) is 18.5. The molecule has 4 saturated carbocycles. The fourth-order valence-electron chi connectivity index (χ4n) is 11.2. The van der Waals surface area contributed by atoms with Crippen LogP contribution >= 0.6 is 18.2 Å². The summed E-state index contributed by atoms with van der Waals surface area (Å²) in [5.41, 5.74) is 6.97. The number of carbonyl (C=O) groups excluding carboxylic acids is 1. The summed E-state index contributed by atoms with van der Waals surface area (Å²) in [6.45, 7) is 2.78.